The van der Waals surface area contributed by atoms with Crippen LogP contribution in [0, 0.1) is 5.41 Å². The number of hydrogen-bond donors (Lipinski definition) is 1. The fourth-order valence-corrected chi connectivity index (χ4v) is 2.65. The summed E-state index contributed by atoms with van der Waals surface area (Å²) in [5.74, 6) is 0.901. The maximum atomic E-state index is 12.2. The summed E-state index contributed by atoms with van der Waals surface area (Å²) in [6, 6.07) is 7.28. The molecule has 20 heavy (non-hydrogen) atoms. The van der Waals surface area contributed by atoms with E-state index in [1.165, 1.54) is 6.42 Å². The zero-order valence-corrected chi connectivity index (χ0v) is 12.4. The highest BCUT2D eigenvalue weighted by Crippen LogP contribution is 2.28. The van der Waals surface area contributed by atoms with Gasteiger partial charge in [-0.3, -0.25) is 4.79 Å². The largest absolute Gasteiger partial charge is 0.493 e. The van der Waals surface area contributed by atoms with Crippen LogP contribution in [0.5, 0.6) is 5.75 Å². The number of amides is 1. The first-order chi connectivity index (χ1) is 9.46. The van der Waals surface area contributed by atoms with Gasteiger partial charge in [-0.15, -0.1) is 0 Å². The highest BCUT2D eigenvalue weighted by molar-refractivity contribution is 5.76. The number of carbonyl (C=O) groups is 1. The molecule has 1 fully saturated rings. The van der Waals surface area contributed by atoms with Gasteiger partial charge in [-0.1, -0.05) is 19.9 Å². The number of nitrogens with zero attached hydrogens (tertiary/aromatic N) is 1. The van der Waals surface area contributed by atoms with Crippen molar-refractivity contribution in [3.63, 3.8) is 0 Å². The molecule has 1 heterocycles. The van der Waals surface area contributed by atoms with Crippen LogP contribution in [0.15, 0.2) is 24.3 Å². The molecule has 0 bridgehead atoms. The van der Waals surface area contributed by atoms with Gasteiger partial charge in [0.15, 0.2) is 0 Å². The maximum absolute atomic E-state index is 12.2. The number of anilines is 1. The molecule has 0 unspecified atom stereocenters. The summed E-state index contributed by atoms with van der Waals surface area (Å²) in [5.41, 5.74) is 6.59. The first-order valence-corrected chi connectivity index (χ1v) is 7.22. The fraction of sp³-hybridized carbons (Fsp3) is 0.562. The van der Waals surface area contributed by atoms with Gasteiger partial charge in [0.2, 0.25) is 5.91 Å². The first-order valence-electron chi connectivity index (χ1n) is 7.22. The standard InChI is InChI=1S/C16H24N2O2/c1-16(2)8-4-9-18(12-16)15(19)7-10-20-14-6-3-5-13(17)11-14/h3,5-6,11H,4,7-10,12,17H2,1-2H3. The van der Waals surface area contributed by atoms with E-state index in [2.05, 4.69) is 13.8 Å². The van der Waals surface area contributed by atoms with E-state index in [4.69, 9.17) is 10.5 Å². The zero-order valence-electron chi connectivity index (χ0n) is 12.4. The third-order valence-corrected chi connectivity index (χ3v) is 3.70. The molecule has 0 aromatic heterocycles. The van der Waals surface area contributed by atoms with Crippen molar-refractivity contribution in [1.29, 1.82) is 0 Å². The van der Waals surface area contributed by atoms with E-state index in [0.29, 0.717) is 18.7 Å². The van der Waals surface area contributed by atoms with E-state index < -0.39 is 0 Å². The van der Waals surface area contributed by atoms with Crippen molar-refractivity contribution in [1.82, 2.24) is 4.90 Å². The second kappa shape index (κ2) is 6.16. The topological polar surface area (TPSA) is 55.6 Å². The SMILES string of the molecule is CC1(C)CCCN(C(=O)CCOc2cccc(N)c2)C1. The van der Waals surface area contributed by atoms with Crippen LogP contribution in [0.4, 0.5) is 5.69 Å². The van der Waals surface area contributed by atoms with Crippen LogP contribution in [0.25, 0.3) is 0 Å². The van der Waals surface area contributed by atoms with E-state index in [0.717, 1.165) is 25.3 Å². The Bertz CT molecular complexity index is 471. The molecule has 2 rings (SSSR count). The Morgan fingerprint density at radius 1 is 1.45 bits per heavy atom. The van der Waals surface area contributed by atoms with Crippen LogP contribution < -0.4 is 10.5 Å². The summed E-state index contributed by atoms with van der Waals surface area (Å²) in [7, 11) is 0. The molecule has 2 N–H and O–H groups in total. The molecule has 4 heteroatoms. The molecule has 0 radical (unpaired) electrons. The molecule has 1 aromatic carbocycles. The monoisotopic (exact) mass is 276 g/mol. The van der Waals surface area contributed by atoms with E-state index in [1.54, 1.807) is 6.07 Å². The summed E-state index contributed by atoms with van der Waals surface area (Å²) in [5, 5.41) is 0. The van der Waals surface area contributed by atoms with Crippen molar-refractivity contribution in [2.45, 2.75) is 33.1 Å². The molecule has 0 atom stereocenters. The van der Waals surface area contributed by atoms with Crippen molar-refractivity contribution < 1.29 is 9.53 Å². The Morgan fingerprint density at radius 2 is 2.25 bits per heavy atom. The molecule has 1 saturated heterocycles. The maximum Gasteiger partial charge on any atom is 0.226 e. The summed E-state index contributed by atoms with van der Waals surface area (Å²) >= 11 is 0. The lowest BCUT2D eigenvalue weighted by Gasteiger charge is -2.38. The second-order valence-electron chi connectivity index (χ2n) is 6.25. The van der Waals surface area contributed by atoms with Gasteiger partial charge in [-0.2, -0.15) is 0 Å². The Morgan fingerprint density at radius 3 is 2.95 bits per heavy atom. The second-order valence-corrected chi connectivity index (χ2v) is 6.25. The van der Waals surface area contributed by atoms with E-state index in [9.17, 15) is 4.79 Å². The molecular weight excluding hydrogens is 252 g/mol. The molecule has 1 amide bonds. The van der Waals surface area contributed by atoms with Gasteiger partial charge in [0.25, 0.3) is 0 Å². The molecule has 0 aliphatic carbocycles. The van der Waals surface area contributed by atoms with Crippen LogP contribution in [0.1, 0.15) is 33.1 Å². The van der Waals surface area contributed by atoms with Crippen LogP contribution in [-0.4, -0.2) is 30.5 Å². The summed E-state index contributed by atoms with van der Waals surface area (Å²) in [6.07, 6.45) is 2.70. The normalized spacial score (nSPS) is 17.8. The number of ether oxygens (including phenoxy) is 1. The average Bonchev–Trinajstić information content (AvgIpc) is 2.37. The fourth-order valence-electron chi connectivity index (χ4n) is 2.65. The quantitative estimate of drug-likeness (QED) is 0.860. The summed E-state index contributed by atoms with van der Waals surface area (Å²) in [4.78, 5) is 14.1. The highest BCUT2D eigenvalue weighted by Gasteiger charge is 2.28. The van der Waals surface area contributed by atoms with E-state index in [1.807, 2.05) is 23.1 Å². The third kappa shape index (κ3) is 4.15. The molecule has 0 saturated carbocycles. The van der Waals surface area contributed by atoms with Gasteiger partial charge in [0.05, 0.1) is 13.0 Å². The molecule has 1 aromatic rings. The lowest BCUT2D eigenvalue weighted by molar-refractivity contribution is -0.134. The molecule has 1 aliphatic rings. The molecule has 0 spiro atoms. The van der Waals surface area contributed by atoms with Gasteiger partial charge in [-0.05, 0) is 30.4 Å². The Hall–Kier alpha value is -1.71. The van der Waals surface area contributed by atoms with Crippen molar-refractivity contribution in [2.24, 2.45) is 5.41 Å². The predicted molar refractivity (Wildman–Crippen MR) is 80.6 cm³/mol. The number of nitrogens with two attached hydrogens (primary N) is 1. The molecule has 4 nitrogen and oxygen atoms in total. The Labute approximate surface area is 120 Å². The summed E-state index contributed by atoms with van der Waals surface area (Å²) < 4.78 is 5.57. The van der Waals surface area contributed by atoms with Crippen LogP contribution in [0.3, 0.4) is 0 Å². The lowest BCUT2D eigenvalue weighted by Crippen LogP contribution is -2.43. The number of rotatable bonds is 4. The minimum Gasteiger partial charge on any atom is -0.493 e. The number of benzene rings is 1. The molecular formula is C16H24N2O2. The van der Waals surface area contributed by atoms with Crippen LogP contribution >= 0.6 is 0 Å². The van der Waals surface area contributed by atoms with E-state index in [-0.39, 0.29) is 11.3 Å². The minimum absolute atomic E-state index is 0.182. The number of nitrogen functional groups attached to an aromatic ring is 1. The number of carbonyl (C=O) groups excluding carboxylic acids is 1. The Balaban J connectivity index is 1.78. The minimum atomic E-state index is 0.182. The van der Waals surface area contributed by atoms with Gasteiger partial charge >= 0.3 is 0 Å². The molecule has 110 valence electrons. The predicted octanol–water partition coefficient (Wildman–Crippen LogP) is 2.69. The van der Waals surface area contributed by atoms with Crippen molar-refractivity contribution in [3.05, 3.63) is 24.3 Å². The van der Waals surface area contributed by atoms with Gasteiger partial charge < -0.3 is 15.4 Å². The zero-order chi connectivity index (χ0) is 14.6. The van der Waals surface area contributed by atoms with Gasteiger partial charge in [-0.25, -0.2) is 0 Å². The first kappa shape index (κ1) is 14.7. The van der Waals surface area contributed by atoms with Crippen LogP contribution in [-0.2, 0) is 4.79 Å². The Kier molecular flexibility index (Phi) is 4.53. The molecule has 1 aliphatic heterocycles. The van der Waals surface area contributed by atoms with Crippen molar-refractivity contribution >= 4 is 11.6 Å². The highest BCUT2D eigenvalue weighted by atomic mass is 16.5. The van der Waals surface area contributed by atoms with Gasteiger partial charge in [0, 0.05) is 24.8 Å². The van der Waals surface area contributed by atoms with Crippen molar-refractivity contribution in [2.75, 3.05) is 25.4 Å². The third-order valence-electron chi connectivity index (χ3n) is 3.70. The van der Waals surface area contributed by atoms with E-state index >= 15 is 0 Å². The number of piperidine rings is 1. The lowest BCUT2D eigenvalue weighted by atomic mass is 9.84. The average molecular weight is 276 g/mol. The number of likely N-dealkylation sites (tertiary alicyclic amines) is 1. The smallest absolute Gasteiger partial charge is 0.226 e. The van der Waals surface area contributed by atoms with Crippen molar-refractivity contribution in [3.8, 4) is 5.75 Å². The number of hydrogen-bond acceptors (Lipinski definition) is 3. The summed E-state index contributed by atoms with van der Waals surface area (Å²) in [6.45, 7) is 6.56. The van der Waals surface area contributed by atoms with Gasteiger partial charge in [0.1, 0.15) is 5.75 Å². The van der Waals surface area contributed by atoms with Crippen LogP contribution in [0.2, 0.25) is 0 Å².